The van der Waals surface area contributed by atoms with Crippen LogP contribution in [0, 0.1) is 24.0 Å². The van der Waals surface area contributed by atoms with Crippen LogP contribution in [-0.4, -0.2) is 52.7 Å². The lowest BCUT2D eigenvalue weighted by Crippen LogP contribution is -2.49. The smallest absolute Gasteiger partial charge is 0.283 e. The average molecular weight is 440 g/mol. The van der Waals surface area contributed by atoms with Crippen LogP contribution in [0.5, 0.6) is 0 Å². The summed E-state index contributed by atoms with van der Waals surface area (Å²) in [6.07, 6.45) is 3.03. The summed E-state index contributed by atoms with van der Waals surface area (Å²) in [5.41, 5.74) is 2.76. The summed E-state index contributed by atoms with van der Waals surface area (Å²) in [4.78, 5) is 40.0. The molecule has 0 aliphatic carbocycles. The van der Waals surface area contributed by atoms with Crippen molar-refractivity contribution in [3.05, 3.63) is 69.3 Å². The zero-order chi connectivity index (χ0) is 22.5. The van der Waals surface area contributed by atoms with Gasteiger partial charge in [-0.2, -0.15) is 0 Å². The average Bonchev–Trinajstić information content (AvgIpc) is 2.75. The van der Waals surface area contributed by atoms with E-state index in [-0.39, 0.29) is 17.5 Å². The van der Waals surface area contributed by atoms with Gasteiger partial charge in [-0.3, -0.25) is 19.7 Å². The second-order valence-electron chi connectivity index (χ2n) is 7.52. The Kier molecular flexibility index (Phi) is 7.12. The summed E-state index contributed by atoms with van der Waals surface area (Å²) < 4.78 is 0. The number of hydrogen-bond donors (Lipinski definition) is 0. The van der Waals surface area contributed by atoms with Crippen molar-refractivity contribution in [1.29, 1.82) is 0 Å². The van der Waals surface area contributed by atoms with Gasteiger partial charge in [0.15, 0.2) is 0 Å². The van der Waals surface area contributed by atoms with E-state index in [1.807, 2.05) is 32.0 Å². The minimum absolute atomic E-state index is 0.00812. The molecule has 0 radical (unpaired) electrons. The summed E-state index contributed by atoms with van der Waals surface area (Å²) in [5.74, 6) is -0.159. The standard InChI is InChI=1S/C23H25N3O4S/c1-16-4-5-17(2)22(14-16)31-21-8-6-19(15-20(21)26(29)30)7-9-23(28)25-12-10-24(11-13-25)18(3)27/h4-9,14-15H,10-13H2,1-3H3. The number of hydrogen-bond acceptors (Lipinski definition) is 5. The molecule has 2 aromatic carbocycles. The van der Waals surface area contributed by atoms with Crippen LogP contribution in [0.4, 0.5) is 5.69 Å². The van der Waals surface area contributed by atoms with Gasteiger partial charge < -0.3 is 9.80 Å². The van der Waals surface area contributed by atoms with Gasteiger partial charge in [0.05, 0.1) is 9.82 Å². The zero-order valence-electron chi connectivity index (χ0n) is 17.8. The number of benzene rings is 2. The summed E-state index contributed by atoms with van der Waals surface area (Å²) in [7, 11) is 0. The molecular weight excluding hydrogens is 414 g/mol. The van der Waals surface area contributed by atoms with E-state index in [2.05, 4.69) is 0 Å². The normalized spacial score (nSPS) is 14.2. The van der Waals surface area contributed by atoms with Gasteiger partial charge in [0.25, 0.3) is 5.69 Å². The molecule has 1 aliphatic rings. The van der Waals surface area contributed by atoms with Crippen molar-refractivity contribution in [2.45, 2.75) is 30.6 Å². The Morgan fingerprint density at radius 2 is 1.68 bits per heavy atom. The fraction of sp³-hybridized carbons (Fsp3) is 0.304. The molecule has 1 fully saturated rings. The highest BCUT2D eigenvalue weighted by Gasteiger charge is 2.21. The van der Waals surface area contributed by atoms with E-state index in [9.17, 15) is 19.7 Å². The van der Waals surface area contributed by atoms with Gasteiger partial charge >= 0.3 is 0 Å². The molecule has 8 heteroatoms. The number of nitro benzene ring substituents is 1. The van der Waals surface area contributed by atoms with Crippen LogP contribution >= 0.6 is 11.8 Å². The van der Waals surface area contributed by atoms with Crippen molar-refractivity contribution in [3.63, 3.8) is 0 Å². The first-order chi connectivity index (χ1) is 14.7. The topological polar surface area (TPSA) is 83.8 Å². The van der Waals surface area contributed by atoms with Gasteiger partial charge in [-0.15, -0.1) is 0 Å². The third-order valence-corrected chi connectivity index (χ3v) is 6.42. The summed E-state index contributed by atoms with van der Waals surface area (Å²) in [6.45, 7) is 7.49. The largest absolute Gasteiger partial charge is 0.339 e. The first kappa shape index (κ1) is 22.6. The Bertz CT molecular complexity index is 1040. The van der Waals surface area contributed by atoms with Gasteiger partial charge in [0.1, 0.15) is 0 Å². The van der Waals surface area contributed by atoms with Crippen LogP contribution in [0.25, 0.3) is 6.08 Å². The van der Waals surface area contributed by atoms with E-state index in [0.29, 0.717) is 36.6 Å². The minimum Gasteiger partial charge on any atom is -0.339 e. The van der Waals surface area contributed by atoms with E-state index in [1.54, 1.807) is 28.0 Å². The molecule has 1 saturated heterocycles. The first-order valence-electron chi connectivity index (χ1n) is 10.0. The molecule has 0 N–H and O–H groups in total. The molecule has 2 amide bonds. The van der Waals surface area contributed by atoms with Crippen molar-refractivity contribution in [2.24, 2.45) is 0 Å². The number of aryl methyl sites for hydroxylation is 2. The first-order valence-corrected chi connectivity index (χ1v) is 10.8. The fourth-order valence-corrected chi connectivity index (χ4v) is 4.40. The second-order valence-corrected chi connectivity index (χ2v) is 8.60. The quantitative estimate of drug-likeness (QED) is 0.398. The van der Waals surface area contributed by atoms with Gasteiger partial charge in [-0.25, -0.2) is 0 Å². The predicted octanol–water partition coefficient (Wildman–Crippen LogP) is 4.07. The van der Waals surface area contributed by atoms with Crippen molar-refractivity contribution < 1.29 is 14.5 Å². The van der Waals surface area contributed by atoms with Crippen molar-refractivity contribution in [3.8, 4) is 0 Å². The molecule has 162 valence electrons. The number of carbonyl (C=O) groups is 2. The summed E-state index contributed by atoms with van der Waals surface area (Å²) in [5, 5.41) is 11.6. The zero-order valence-corrected chi connectivity index (χ0v) is 18.6. The minimum atomic E-state index is -0.395. The van der Waals surface area contributed by atoms with E-state index >= 15 is 0 Å². The number of piperazine rings is 1. The number of rotatable bonds is 5. The molecule has 0 atom stereocenters. The second kappa shape index (κ2) is 9.78. The number of nitro groups is 1. The highest BCUT2D eigenvalue weighted by atomic mass is 32.2. The molecule has 0 aromatic heterocycles. The third kappa shape index (κ3) is 5.73. The molecule has 0 bridgehead atoms. The third-order valence-electron chi connectivity index (χ3n) is 5.20. The highest BCUT2D eigenvalue weighted by molar-refractivity contribution is 7.99. The van der Waals surface area contributed by atoms with E-state index in [4.69, 9.17) is 0 Å². The maximum absolute atomic E-state index is 12.4. The number of nitrogens with zero attached hydrogens (tertiary/aromatic N) is 3. The van der Waals surface area contributed by atoms with Crippen LogP contribution < -0.4 is 0 Å². The lowest BCUT2D eigenvalue weighted by atomic mass is 10.2. The molecule has 7 nitrogen and oxygen atoms in total. The molecule has 2 aromatic rings. The van der Waals surface area contributed by atoms with Crippen molar-refractivity contribution >= 4 is 35.3 Å². The summed E-state index contributed by atoms with van der Waals surface area (Å²) >= 11 is 1.37. The molecule has 3 rings (SSSR count). The van der Waals surface area contributed by atoms with E-state index in [1.165, 1.54) is 30.8 Å². The van der Waals surface area contributed by atoms with Crippen LogP contribution in [0.15, 0.2) is 52.3 Å². The molecule has 0 unspecified atom stereocenters. The lowest BCUT2D eigenvalue weighted by Gasteiger charge is -2.33. The van der Waals surface area contributed by atoms with E-state index < -0.39 is 4.92 Å². The maximum atomic E-state index is 12.4. The maximum Gasteiger partial charge on any atom is 0.283 e. The molecule has 1 heterocycles. The van der Waals surface area contributed by atoms with Crippen molar-refractivity contribution in [2.75, 3.05) is 26.2 Å². The van der Waals surface area contributed by atoms with Crippen LogP contribution in [0.2, 0.25) is 0 Å². The molecule has 1 aliphatic heterocycles. The van der Waals surface area contributed by atoms with Crippen LogP contribution in [0.1, 0.15) is 23.6 Å². The number of amides is 2. The highest BCUT2D eigenvalue weighted by Crippen LogP contribution is 2.37. The Morgan fingerprint density at radius 1 is 1.00 bits per heavy atom. The Labute approximate surface area is 185 Å². The van der Waals surface area contributed by atoms with Gasteiger partial charge in [0.2, 0.25) is 11.8 Å². The molecular formula is C23H25N3O4S. The molecule has 31 heavy (non-hydrogen) atoms. The van der Waals surface area contributed by atoms with Crippen molar-refractivity contribution in [1.82, 2.24) is 9.80 Å². The van der Waals surface area contributed by atoms with Gasteiger partial charge in [0, 0.05) is 50.1 Å². The van der Waals surface area contributed by atoms with Crippen LogP contribution in [-0.2, 0) is 9.59 Å². The Balaban J connectivity index is 1.73. The number of carbonyl (C=O) groups excluding carboxylic acids is 2. The Morgan fingerprint density at radius 3 is 2.32 bits per heavy atom. The fourth-order valence-electron chi connectivity index (χ4n) is 3.32. The van der Waals surface area contributed by atoms with Gasteiger partial charge in [-0.05, 0) is 48.7 Å². The predicted molar refractivity (Wildman–Crippen MR) is 121 cm³/mol. The monoisotopic (exact) mass is 439 g/mol. The Hall–Kier alpha value is -3.13. The lowest BCUT2D eigenvalue weighted by molar-refractivity contribution is -0.387. The van der Waals surface area contributed by atoms with E-state index in [0.717, 1.165) is 16.0 Å². The van der Waals surface area contributed by atoms with Gasteiger partial charge in [-0.1, -0.05) is 30.0 Å². The molecule has 0 spiro atoms. The molecule has 0 saturated carbocycles. The SMILES string of the molecule is CC(=O)N1CCN(C(=O)C=Cc2ccc(Sc3cc(C)ccc3C)c([N+](=O)[O-])c2)CC1. The van der Waals surface area contributed by atoms with Crippen LogP contribution in [0.3, 0.4) is 0 Å². The summed E-state index contributed by atoms with van der Waals surface area (Å²) in [6, 6.07) is 11.0.